The van der Waals surface area contributed by atoms with Crippen LogP contribution in [0.25, 0.3) is 11.0 Å². The van der Waals surface area contributed by atoms with Crippen molar-refractivity contribution in [2.75, 3.05) is 6.61 Å². The van der Waals surface area contributed by atoms with E-state index in [1.165, 1.54) is 0 Å². The summed E-state index contributed by atoms with van der Waals surface area (Å²) in [6.07, 6.45) is 2.78. The van der Waals surface area contributed by atoms with E-state index in [0.29, 0.717) is 17.6 Å². The molecule has 0 spiro atoms. The fourth-order valence-electron chi connectivity index (χ4n) is 2.01. The quantitative estimate of drug-likeness (QED) is 0.600. The fraction of sp³-hybridized carbons (Fsp3) is 0.375. The standard InChI is InChI=1S/C16H16ClN3O2/c1-2-3-6-9-22-16(21)11(10-18)14-15(17)20-13-8-5-4-7-12(13)19-14/h4-5,7-8,11H,2-3,6,9H2,1H3. The topological polar surface area (TPSA) is 75.9 Å². The summed E-state index contributed by atoms with van der Waals surface area (Å²) in [6.45, 7) is 2.35. The van der Waals surface area contributed by atoms with E-state index in [0.717, 1.165) is 19.3 Å². The van der Waals surface area contributed by atoms with Gasteiger partial charge in [-0.3, -0.25) is 4.79 Å². The molecular formula is C16H16ClN3O2. The minimum absolute atomic E-state index is 0.0516. The summed E-state index contributed by atoms with van der Waals surface area (Å²) in [5.74, 6) is -1.80. The first-order chi connectivity index (χ1) is 10.7. The van der Waals surface area contributed by atoms with Crippen LogP contribution in [0.15, 0.2) is 24.3 Å². The molecule has 0 saturated heterocycles. The molecule has 0 aliphatic heterocycles. The Kier molecular flexibility index (Phi) is 5.68. The van der Waals surface area contributed by atoms with E-state index in [-0.39, 0.29) is 10.8 Å². The first-order valence-corrected chi connectivity index (χ1v) is 7.53. The number of hydrogen-bond donors (Lipinski definition) is 0. The summed E-state index contributed by atoms with van der Waals surface area (Å²) >= 11 is 6.07. The molecule has 0 N–H and O–H groups in total. The van der Waals surface area contributed by atoms with Gasteiger partial charge < -0.3 is 4.74 Å². The van der Waals surface area contributed by atoms with Gasteiger partial charge >= 0.3 is 5.97 Å². The van der Waals surface area contributed by atoms with E-state index < -0.39 is 11.9 Å². The van der Waals surface area contributed by atoms with E-state index in [4.69, 9.17) is 16.3 Å². The predicted molar refractivity (Wildman–Crippen MR) is 83.4 cm³/mol. The normalized spacial score (nSPS) is 11.9. The number of esters is 1. The molecule has 22 heavy (non-hydrogen) atoms. The van der Waals surface area contributed by atoms with E-state index in [9.17, 15) is 10.1 Å². The minimum Gasteiger partial charge on any atom is -0.464 e. The zero-order valence-corrected chi connectivity index (χ0v) is 13.0. The average molecular weight is 318 g/mol. The number of nitrogens with zero attached hydrogens (tertiary/aromatic N) is 3. The Labute approximate surface area is 133 Å². The maximum Gasteiger partial charge on any atom is 0.329 e. The van der Waals surface area contributed by atoms with Crippen LogP contribution < -0.4 is 0 Å². The highest BCUT2D eigenvalue weighted by atomic mass is 35.5. The summed E-state index contributed by atoms with van der Waals surface area (Å²) in [4.78, 5) is 20.5. The monoisotopic (exact) mass is 317 g/mol. The van der Waals surface area contributed by atoms with Crippen LogP contribution in [0.3, 0.4) is 0 Å². The van der Waals surface area contributed by atoms with Gasteiger partial charge in [-0.1, -0.05) is 43.5 Å². The van der Waals surface area contributed by atoms with Crippen molar-refractivity contribution in [1.29, 1.82) is 5.26 Å². The molecule has 0 aliphatic carbocycles. The first-order valence-electron chi connectivity index (χ1n) is 7.15. The van der Waals surface area contributed by atoms with Crippen LogP contribution in [0.4, 0.5) is 0 Å². The van der Waals surface area contributed by atoms with Gasteiger partial charge in [0.05, 0.1) is 23.7 Å². The highest BCUT2D eigenvalue weighted by Crippen LogP contribution is 2.24. The fourth-order valence-corrected chi connectivity index (χ4v) is 2.25. The number of fused-ring (bicyclic) bond motifs is 1. The molecule has 5 nitrogen and oxygen atoms in total. The molecule has 1 atom stereocenters. The molecule has 0 aliphatic rings. The van der Waals surface area contributed by atoms with Crippen LogP contribution >= 0.6 is 11.6 Å². The number of nitriles is 1. The second-order valence-corrected chi connectivity index (χ2v) is 5.18. The zero-order valence-electron chi connectivity index (χ0n) is 12.3. The lowest BCUT2D eigenvalue weighted by molar-refractivity contribution is -0.144. The van der Waals surface area contributed by atoms with Gasteiger partial charge in [0.1, 0.15) is 5.69 Å². The third kappa shape index (κ3) is 3.71. The van der Waals surface area contributed by atoms with Crippen molar-refractivity contribution < 1.29 is 9.53 Å². The van der Waals surface area contributed by atoms with Crippen molar-refractivity contribution in [3.05, 3.63) is 35.1 Å². The third-order valence-electron chi connectivity index (χ3n) is 3.18. The summed E-state index contributed by atoms with van der Waals surface area (Å²) in [5, 5.41) is 9.32. The van der Waals surface area contributed by atoms with E-state index in [1.54, 1.807) is 18.2 Å². The lowest BCUT2D eigenvalue weighted by atomic mass is 10.1. The Morgan fingerprint density at radius 2 is 2.00 bits per heavy atom. The molecule has 0 amide bonds. The van der Waals surface area contributed by atoms with Gasteiger partial charge in [0, 0.05) is 0 Å². The van der Waals surface area contributed by atoms with Crippen LogP contribution in [0.2, 0.25) is 5.15 Å². The Morgan fingerprint density at radius 3 is 2.64 bits per heavy atom. The Bertz CT molecular complexity index is 712. The maximum atomic E-state index is 12.1. The summed E-state index contributed by atoms with van der Waals surface area (Å²) in [5.41, 5.74) is 1.34. The molecule has 0 saturated carbocycles. The number of rotatable bonds is 6. The molecule has 6 heteroatoms. The van der Waals surface area contributed by atoms with E-state index >= 15 is 0 Å². The second-order valence-electron chi connectivity index (χ2n) is 4.83. The third-order valence-corrected chi connectivity index (χ3v) is 3.46. The minimum atomic E-state index is -1.16. The van der Waals surface area contributed by atoms with Crippen molar-refractivity contribution in [2.24, 2.45) is 0 Å². The summed E-state index contributed by atoms with van der Waals surface area (Å²) < 4.78 is 5.13. The average Bonchev–Trinajstić information content (AvgIpc) is 2.52. The largest absolute Gasteiger partial charge is 0.464 e. The van der Waals surface area contributed by atoms with Crippen molar-refractivity contribution >= 4 is 28.6 Å². The van der Waals surface area contributed by atoms with E-state index in [2.05, 4.69) is 16.9 Å². The Morgan fingerprint density at radius 1 is 1.32 bits per heavy atom. The van der Waals surface area contributed by atoms with Gasteiger partial charge in [0.2, 0.25) is 0 Å². The smallest absolute Gasteiger partial charge is 0.329 e. The van der Waals surface area contributed by atoms with Crippen molar-refractivity contribution in [3.8, 4) is 6.07 Å². The number of para-hydroxylation sites is 2. The van der Waals surface area contributed by atoms with Crippen LogP contribution in [-0.4, -0.2) is 22.5 Å². The zero-order chi connectivity index (χ0) is 15.9. The molecule has 1 aromatic carbocycles. The maximum absolute atomic E-state index is 12.1. The summed E-state index contributed by atoms with van der Waals surface area (Å²) in [7, 11) is 0. The van der Waals surface area contributed by atoms with Gasteiger partial charge in [-0.15, -0.1) is 0 Å². The molecule has 0 fully saturated rings. The van der Waals surface area contributed by atoms with E-state index in [1.807, 2.05) is 12.1 Å². The number of aromatic nitrogens is 2. The lowest BCUT2D eigenvalue weighted by Gasteiger charge is -2.11. The second kappa shape index (κ2) is 7.71. The van der Waals surface area contributed by atoms with Crippen LogP contribution in [0, 0.1) is 11.3 Å². The lowest BCUT2D eigenvalue weighted by Crippen LogP contribution is -2.17. The van der Waals surface area contributed by atoms with Gasteiger partial charge in [-0.2, -0.15) is 5.26 Å². The van der Waals surface area contributed by atoms with Crippen LogP contribution in [0.1, 0.15) is 37.8 Å². The van der Waals surface area contributed by atoms with Crippen LogP contribution in [-0.2, 0) is 9.53 Å². The number of halogens is 1. The van der Waals surface area contributed by atoms with Crippen molar-refractivity contribution in [1.82, 2.24) is 9.97 Å². The van der Waals surface area contributed by atoms with Gasteiger partial charge in [0.25, 0.3) is 0 Å². The number of carbonyl (C=O) groups excluding carboxylic acids is 1. The SMILES string of the molecule is CCCCCOC(=O)C(C#N)c1nc2ccccc2nc1Cl. The molecule has 114 valence electrons. The van der Waals surface area contributed by atoms with Gasteiger partial charge in [-0.25, -0.2) is 9.97 Å². The predicted octanol–water partition coefficient (Wildman–Crippen LogP) is 3.62. The number of benzene rings is 1. The first kappa shape index (κ1) is 16.2. The number of unbranched alkanes of at least 4 members (excludes halogenated alkanes) is 2. The van der Waals surface area contributed by atoms with Crippen LogP contribution in [0.5, 0.6) is 0 Å². The Balaban J connectivity index is 2.22. The number of hydrogen-bond acceptors (Lipinski definition) is 5. The number of ether oxygens (including phenoxy) is 1. The molecule has 2 rings (SSSR count). The molecule has 0 radical (unpaired) electrons. The molecule has 1 unspecified atom stereocenters. The summed E-state index contributed by atoms with van der Waals surface area (Å²) in [6, 6.07) is 9.04. The van der Waals surface area contributed by atoms with Crippen molar-refractivity contribution in [3.63, 3.8) is 0 Å². The molecule has 2 aromatic rings. The molecule has 0 bridgehead atoms. The van der Waals surface area contributed by atoms with Crippen molar-refractivity contribution in [2.45, 2.75) is 32.1 Å². The number of carbonyl (C=O) groups is 1. The van der Waals surface area contributed by atoms with Gasteiger partial charge in [0.15, 0.2) is 11.1 Å². The molecule has 1 heterocycles. The highest BCUT2D eigenvalue weighted by molar-refractivity contribution is 6.30. The van der Waals surface area contributed by atoms with Gasteiger partial charge in [-0.05, 0) is 18.6 Å². The highest BCUT2D eigenvalue weighted by Gasteiger charge is 2.27. The molecular weight excluding hydrogens is 302 g/mol. The Hall–Kier alpha value is -2.19. The molecule has 1 aromatic heterocycles.